The van der Waals surface area contributed by atoms with E-state index in [0.717, 1.165) is 29.3 Å². The van der Waals surface area contributed by atoms with Crippen molar-refractivity contribution in [3.8, 4) is 11.6 Å². The highest BCUT2D eigenvalue weighted by Crippen LogP contribution is 2.20. The van der Waals surface area contributed by atoms with Gasteiger partial charge in [-0.1, -0.05) is 18.5 Å². The maximum atomic E-state index is 6.12. The van der Waals surface area contributed by atoms with Crippen LogP contribution >= 0.6 is 11.6 Å². The van der Waals surface area contributed by atoms with E-state index < -0.39 is 0 Å². The van der Waals surface area contributed by atoms with Crippen molar-refractivity contribution in [1.29, 1.82) is 0 Å². The normalized spacial score (nSPS) is 11.2. The lowest BCUT2D eigenvalue weighted by Gasteiger charge is -2.07. The summed E-state index contributed by atoms with van der Waals surface area (Å²) in [5.74, 6) is 1.33. The third kappa shape index (κ3) is 2.55. The van der Waals surface area contributed by atoms with E-state index in [1.807, 2.05) is 33.5 Å². The lowest BCUT2D eigenvalue weighted by Crippen LogP contribution is -2.05. The van der Waals surface area contributed by atoms with E-state index in [0.29, 0.717) is 17.4 Å². The molecule has 0 bridgehead atoms. The van der Waals surface area contributed by atoms with E-state index in [2.05, 4.69) is 21.9 Å². The second-order valence-corrected chi connectivity index (χ2v) is 5.82. The van der Waals surface area contributed by atoms with Crippen molar-refractivity contribution in [3.05, 3.63) is 65.6 Å². The van der Waals surface area contributed by atoms with Gasteiger partial charge in [-0.3, -0.25) is 0 Å². The van der Waals surface area contributed by atoms with Crippen molar-refractivity contribution in [3.63, 3.8) is 0 Å². The summed E-state index contributed by atoms with van der Waals surface area (Å²) in [6.45, 7) is 2.72. The van der Waals surface area contributed by atoms with Crippen molar-refractivity contribution in [2.24, 2.45) is 0 Å². The molecule has 24 heavy (non-hydrogen) atoms. The van der Waals surface area contributed by atoms with Gasteiger partial charge >= 0.3 is 0 Å². The Balaban J connectivity index is 1.77. The lowest BCUT2D eigenvalue weighted by atomic mass is 10.2. The fraction of sp³-hybridized carbons (Fsp3) is 0.176. The maximum Gasteiger partial charge on any atom is 0.195 e. The highest BCUT2D eigenvalue weighted by Gasteiger charge is 2.14. The van der Waals surface area contributed by atoms with Crippen molar-refractivity contribution < 1.29 is 0 Å². The number of fused-ring (bicyclic) bond motifs is 1. The predicted molar refractivity (Wildman–Crippen MR) is 91.9 cm³/mol. The summed E-state index contributed by atoms with van der Waals surface area (Å²) >= 11 is 6.12. The van der Waals surface area contributed by atoms with Gasteiger partial charge in [0.1, 0.15) is 5.65 Å². The van der Waals surface area contributed by atoms with Crippen molar-refractivity contribution >= 4 is 17.2 Å². The molecule has 0 saturated carbocycles. The first-order valence-corrected chi connectivity index (χ1v) is 8.08. The Hall–Kier alpha value is -2.73. The molecule has 0 atom stereocenters. The molecule has 6 nitrogen and oxygen atoms in total. The van der Waals surface area contributed by atoms with E-state index in [4.69, 9.17) is 16.6 Å². The Morgan fingerprint density at radius 1 is 1.08 bits per heavy atom. The number of hydrogen-bond donors (Lipinski definition) is 0. The quantitative estimate of drug-likeness (QED) is 0.573. The zero-order valence-corrected chi connectivity index (χ0v) is 13.9. The Morgan fingerprint density at radius 2 is 1.92 bits per heavy atom. The van der Waals surface area contributed by atoms with E-state index in [1.54, 1.807) is 24.7 Å². The Morgan fingerprint density at radius 3 is 2.71 bits per heavy atom. The number of pyridine rings is 1. The minimum atomic E-state index is 0.604. The van der Waals surface area contributed by atoms with Crippen LogP contribution in [0.25, 0.3) is 17.3 Å². The molecular weight excluding hydrogens is 324 g/mol. The van der Waals surface area contributed by atoms with Crippen molar-refractivity contribution in [2.45, 2.75) is 19.9 Å². The number of halogens is 1. The van der Waals surface area contributed by atoms with Gasteiger partial charge in [-0.05, 0) is 24.6 Å². The van der Waals surface area contributed by atoms with Crippen LogP contribution in [0, 0.1) is 0 Å². The largest absolute Gasteiger partial charge is 0.322 e. The van der Waals surface area contributed by atoms with Gasteiger partial charge in [0.2, 0.25) is 0 Å². The Kier molecular flexibility index (Phi) is 3.74. The monoisotopic (exact) mass is 338 g/mol. The molecule has 0 aromatic carbocycles. The molecule has 0 unspecified atom stereocenters. The molecule has 0 radical (unpaired) electrons. The second-order valence-electron chi connectivity index (χ2n) is 5.39. The van der Waals surface area contributed by atoms with Crippen LogP contribution in [0.3, 0.4) is 0 Å². The Bertz CT molecular complexity index is 989. The molecule has 0 aliphatic heterocycles. The molecule has 4 rings (SSSR count). The Labute approximate surface area is 143 Å². The standard InChI is InChI=1S/C17H15ClN6/c1-2-14-13(22-15-5-4-12(18)10-24(14)15)11-23-9-8-21-17(23)16-19-6-3-7-20-16/h3-10H,2,11H2,1H3. The zero-order valence-electron chi connectivity index (χ0n) is 13.1. The predicted octanol–water partition coefficient (Wildman–Crippen LogP) is 3.25. The molecule has 0 amide bonds. The average Bonchev–Trinajstić information content (AvgIpc) is 3.19. The van der Waals surface area contributed by atoms with Gasteiger partial charge in [-0.15, -0.1) is 0 Å². The van der Waals surface area contributed by atoms with E-state index >= 15 is 0 Å². The molecule has 0 aliphatic carbocycles. The average molecular weight is 339 g/mol. The highest BCUT2D eigenvalue weighted by molar-refractivity contribution is 6.30. The molecule has 4 aromatic heterocycles. The fourth-order valence-corrected chi connectivity index (χ4v) is 3.00. The molecule has 0 fully saturated rings. The third-order valence-corrected chi connectivity index (χ3v) is 4.12. The molecule has 0 spiro atoms. The van der Waals surface area contributed by atoms with Gasteiger partial charge in [0.15, 0.2) is 11.6 Å². The zero-order chi connectivity index (χ0) is 16.5. The van der Waals surface area contributed by atoms with Crippen LogP contribution in [0.2, 0.25) is 5.02 Å². The van der Waals surface area contributed by atoms with Crippen LogP contribution in [0.4, 0.5) is 0 Å². The second kappa shape index (κ2) is 6.05. The highest BCUT2D eigenvalue weighted by atomic mass is 35.5. The van der Waals surface area contributed by atoms with Crippen LogP contribution in [0.5, 0.6) is 0 Å². The lowest BCUT2D eigenvalue weighted by molar-refractivity contribution is 0.766. The minimum absolute atomic E-state index is 0.604. The van der Waals surface area contributed by atoms with Gasteiger partial charge < -0.3 is 8.97 Å². The van der Waals surface area contributed by atoms with Gasteiger partial charge in [0.25, 0.3) is 0 Å². The van der Waals surface area contributed by atoms with E-state index in [1.165, 1.54) is 0 Å². The topological polar surface area (TPSA) is 60.9 Å². The summed E-state index contributed by atoms with van der Waals surface area (Å²) in [5.41, 5.74) is 3.03. The smallest absolute Gasteiger partial charge is 0.195 e. The molecule has 7 heteroatoms. The minimum Gasteiger partial charge on any atom is -0.322 e. The number of aromatic nitrogens is 6. The van der Waals surface area contributed by atoms with E-state index in [-0.39, 0.29) is 0 Å². The molecular formula is C17H15ClN6. The van der Waals surface area contributed by atoms with Crippen molar-refractivity contribution in [1.82, 2.24) is 28.9 Å². The number of hydrogen-bond acceptors (Lipinski definition) is 4. The molecule has 4 aromatic rings. The molecule has 0 aliphatic rings. The van der Waals surface area contributed by atoms with Crippen molar-refractivity contribution in [2.75, 3.05) is 0 Å². The van der Waals surface area contributed by atoms with Crippen LogP contribution in [0.1, 0.15) is 18.3 Å². The summed E-state index contributed by atoms with van der Waals surface area (Å²) in [4.78, 5) is 17.7. The summed E-state index contributed by atoms with van der Waals surface area (Å²) < 4.78 is 4.06. The summed E-state index contributed by atoms with van der Waals surface area (Å²) in [7, 11) is 0. The number of imidazole rings is 2. The first kappa shape index (κ1) is 14.8. The first-order chi connectivity index (χ1) is 11.8. The molecule has 120 valence electrons. The summed E-state index contributed by atoms with van der Waals surface area (Å²) in [6.07, 6.45) is 9.87. The van der Waals surface area contributed by atoms with Crippen LogP contribution in [0.15, 0.2) is 49.2 Å². The molecule has 4 heterocycles. The number of aryl methyl sites for hydroxylation is 1. The number of rotatable bonds is 4. The molecule has 0 saturated heterocycles. The third-order valence-electron chi connectivity index (χ3n) is 3.90. The SMILES string of the molecule is CCc1c(Cn2ccnc2-c2ncccn2)nc2ccc(Cl)cn12. The summed E-state index contributed by atoms with van der Waals surface area (Å²) in [6, 6.07) is 5.57. The summed E-state index contributed by atoms with van der Waals surface area (Å²) in [5, 5.41) is 0.696. The molecule has 0 N–H and O–H groups in total. The van der Waals surface area contributed by atoms with Crippen LogP contribution in [-0.4, -0.2) is 28.9 Å². The van der Waals surface area contributed by atoms with Gasteiger partial charge in [0, 0.05) is 36.7 Å². The fourth-order valence-electron chi connectivity index (χ4n) is 2.84. The maximum absolute atomic E-state index is 6.12. The first-order valence-electron chi connectivity index (χ1n) is 7.70. The van der Waals surface area contributed by atoms with Crippen LogP contribution in [-0.2, 0) is 13.0 Å². The van der Waals surface area contributed by atoms with Gasteiger partial charge in [0.05, 0.1) is 17.3 Å². The number of nitrogens with zero attached hydrogens (tertiary/aromatic N) is 6. The van der Waals surface area contributed by atoms with Gasteiger partial charge in [-0.2, -0.15) is 0 Å². The van der Waals surface area contributed by atoms with Crippen LogP contribution < -0.4 is 0 Å². The van der Waals surface area contributed by atoms with E-state index in [9.17, 15) is 0 Å². The van der Waals surface area contributed by atoms with Gasteiger partial charge in [-0.25, -0.2) is 19.9 Å².